The standard InChI is InChI=1S/C20H19ClN2OS/c1-14-6-8-18(9-7-14)23(2)20(24)12-17-13-25-19(22-17)11-15-4-3-5-16(21)10-15/h3-10,13H,11-12H2,1-2H3. The lowest BCUT2D eigenvalue weighted by molar-refractivity contribution is -0.117. The third kappa shape index (κ3) is 4.68. The summed E-state index contributed by atoms with van der Waals surface area (Å²) in [6.07, 6.45) is 1.03. The van der Waals surface area contributed by atoms with Gasteiger partial charge in [-0.2, -0.15) is 0 Å². The quantitative estimate of drug-likeness (QED) is 0.639. The minimum atomic E-state index is 0.0310. The zero-order valence-electron chi connectivity index (χ0n) is 14.2. The van der Waals surface area contributed by atoms with Crippen molar-refractivity contribution in [3.63, 3.8) is 0 Å². The Labute approximate surface area is 156 Å². The van der Waals surface area contributed by atoms with Crippen LogP contribution in [0.2, 0.25) is 5.02 Å². The summed E-state index contributed by atoms with van der Waals surface area (Å²) >= 11 is 7.60. The third-order valence-corrected chi connectivity index (χ3v) is 5.10. The van der Waals surface area contributed by atoms with E-state index in [0.29, 0.717) is 6.42 Å². The van der Waals surface area contributed by atoms with E-state index in [2.05, 4.69) is 4.98 Å². The Balaban J connectivity index is 1.64. The number of benzene rings is 2. The summed E-state index contributed by atoms with van der Waals surface area (Å²) in [5.74, 6) is 0.0310. The van der Waals surface area contributed by atoms with Crippen LogP contribution in [0, 0.1) is 6.92 Å². The zero-order valence-corrected chi connectivity index (χ0v) is 15.8. The van der Waals surface area contributed by atoms with E-state index in [1.807, 2.05) is 60.8 Å². The molecule has 0 spiro atoms. The van der Waals surface area contributed by atoms with Crippen molar-refractivity contribution in [3.8, 4) is 0 Å². The van der Waals surface area contributed by atoms with E-state index in [4.69, 9.17) is 11.6 Å². The minimum absolute atomic E-state index is 0.0310. The van der Waals surface area contributed by atoms with Gasteiger partial charge in [-0.05, 0) is 36.8 Å². The maximum Gasteiger partial charge on any atom is 0.232 e. The first-order valence-electron chi connectivity index (χ1n) is 8.02. The van der Waals surface area contributed by atoms with Crippen LogP contribution in [0.3, 0.4) is 0 Å². The van der Waals surface area contributed by atoms with Gasteiger partial charge in [-0.15, -0.1) is 11.3 Å². The molecule has 0 fully saturated rings. The molecule has 0 N–H and O–H groups in total. The molecule has 0 aliphatic carbocycles. The molecule has 3 nitrogen and oxygen atoms in total. The van der Waals surface area contributed by atoms with Crippen LogP contribution in [0.4, 0.5) is 5.69 Å². The summed E-state index contributed by atoms with van der Waals surface area (Å²) in [6.45, 7) is 2.03. The van der Waals surface area contributed by atoms with Gasteiger partial charge in [0.25, 0.3) is 0 Å². The van der Waals surface area contributed by atoms with Crippen molar-refractivity contribution >= 4 is 34.5 Å². The highest BCUT2D eigenvalue weighted by Gasteiger charge is 2.14. The molecule has 1 amide bonds. The monoisotopic (exact) mass is 370 g/mol. The summed E-state index contributed by atoms with van der Waals surface area (Å²) < 4.78 is 0. The summed E-state index contributed by atoms with van der Waals surface area (Å²) in [5.41, 5.74) is 4.00. The molecule has 1 aromatic heterocycles. The number of likely N-dealkylation sites (N-methyl/N-ethyl adjacent to an activating group) is 1. The molecule has 25 heavy (non-hydrogen) atoms. The van der Waals surface area contributed by atoms with Crippen LogP contribution in [-0.2, 0) is 17.6 Å². The molecule has 3 aromatic rings. The zero-order chi connectivity index (χ0) is 17.8. The van der Waals surface area contributed by atoms with Gasteiger partial charge in [-0.1, -0.05) is 41.4 Å². The Hall–Kier alpha value is -2.17. The van der Waals surface area contributed by atoms with Gasteiger partial charge in [0.1, 0.15) is 0 Å². The van der Waals surface area contributed by atoms with Crippen LogP contribution in [0.15, 0.2) is 53.9 Å². The Kier molecular flexibility index (Phi) is 5.51. The van der Waals surface area contributed by atoms with Crippen LogP contribution in [0.25, 0.3) is 0 Å². The lowest BCUT2D eigenvalue weighted by Crippen LogP contribution is -2.27. The van der Waals surface area contributed by atoms with Crippen molar-refractivity contribution in [2.24, 2.45) is 0 Å². The van der Waals surface area contributed by atoms with Crippen LogP contribution in [0.1, 0.15) is 21.8 Å². The number of aryl methyl sites for hydroxylation is 1. The van der Waals surface area contributed by atoms with E-state index < -0.39 is 0 Å². The van der Waals surface area contributed by atoms with E-state index in [1.54, 1.807) is 23.3 Å². The molecule has 128 valence electrons. The average molecular weight is 371 g/mol. The van der Waals surface area contributed by atoms with E-state index in [1.165, 1.54) is 5.56 Å². The van der Waals surface area contributed by atoms with Crippen molar-refractivity contribution in [2.75, 3.05) is 11.9 Å². The van der Waals surface area contributed by atoms with Crippen molar-refractivity contribution in [3.05, 3.63) is 80.8 Å². The SMILES string of the molecule is Cc1ccc(N(C)C(=O)Cc2csc(Cc3cccc(Cl)c3)n2)cc1. The van der Waals surface area contributed by atoms with Gasteiger partial charge >= 0.3 is 0 Å². The topological polar surface area (TPSA) is 33.2 Å². The average Bonchev–Trinajstić information content (AvgIpc) is 3.01. The largest absolute Gasteiger partial charge is 0.315 e. The fraction of sp³-hybridized carbons (Fsp3) is 0.200. The van der Waals surface area contributed by atoms with Gasteiger partial charge < -0.3 is 4.90 Å². The summed E-state index contributed by atoms with van der Waals surface area (Å²) in [5, 5.41) is 3.67. The van der Waals surface area contributed by atoms with Crippen molar-refractivity contribution < 1.29 is 4.79 Å². The summed E-state index contributed by atoms with van der Waals surface area (Å²) in [4.78, 5) is 18.8. The first kappa shape index (κ1) is 17.6. The second kappa shape index (κ2) is 7.81. The molecule has 0 saturated carbocycles. The molecule has 0 aliphatic rings. The smallest absolute Gasteiger partial charge is 0.232 e. The van der Waals surface area contributed by atoms with Crippen molar-refractivity contribution in [1.82, 2.24) is 4.98 Å². The summed E-state index contributed by atoms with van der Waals surface area (Å²) in [6, 6.07) is 15.7. The molecule has 0 radical (unpaired) electrons. The highest BCUT2D eigenvalue weighted by Crippen LogP contribution is 2.19. The predicted molar refractivity (Wildman–Crippen MR) is 105 cm³/mol. The maximum atomic E-state index is 12.5. The van der Waals surface area contributed by atoms with Crippen LogP contribution in [0.5, 0.6) is 0 Å². The Bertz CT molecular complexity index is 873. The highest BCUT2D eigenvalue weighted by atomic mass is 35.5. The molecule has 0 atom stereocenters. The fourth-order valence-electron chi connectivity index (χ4n) is 2.52. The second-order valence-corrected chi connectivity index (χ2v) is 7.38. The first-order chi connectivity index (χ1) is 12.0. The number of thiazole rings is 1. The molecule has 1 heterocycles. The number of carbonyl (C=O) groups excluding carboxylic acids is 1. The minimum Gasteiger partial charge on any atom is -0.315 e. The van der Waals surface area contributed by atoms with E-state index in [0.717, 1.165) is 33.4 Å². The Morgan fingerprint density at radius 3 is 2.68 bits per heavy atom. The van der Waals surface area contributed by atoms with E-state index >= 15 is 0 Å². The Morgan fingerprint density at radius 1 is 1.20 bits per heavy atom. The van der Waals surface area contributed by atoms with Crippen LogP contribution >= 0.6 is 22.9 Å². The lowest BCUT2D eigenvalue weighted by Gasteiger charge is -2.17. The van der Waals surface area contributed by atoms with Gasteiger partial charge in [-0.3, -0.25) is 4.79 Å². The van der Waals surface area contributed by atoms with Crippen molar-refractivity contribution in [1.29, 1.82) is 0 Å². The predicted octanol–water partition coefficient (Wildman–Crippen LogP) is 4.90. The van der Waals surface area contributed by atoms with Gasteiger partial charge in [0, 0.05) is 29.6 Å². The number of halogens is 1. The van der Waals surface area contributed by atoms with Crippen LogP contribution in [-0.4, -0.2) is 17.9 Å². The molecule has 2 aromatic carbocycles. The lowest BCUT2D eigenvalue weighted by atomic mass is 10.2. The maximum absolute atomic E-state index is 12.5. The molecule has 0 unspecified atom stereocenters. The molecular weight excluding hydrogens is 352 g/mol. The van der Waals surface area contributed by atoms with Gasteiger partial charge in [0.15, 0.2) is 0 Å². The highest BCUT2D eigenvalue weighted by molar-refractivity contribution is 7.09. The van der Waals surface area contributed by atoms with Gasteiger partial charge in [-0.25, -0.2) is 4.98 Å². The normalized spacial score (nSPS) is 10.7. The Morgan fingerprint density at radius 2 is 1.96 bits per heavy atom. The number of aromatic nitrogens is 1. The summed E-state index contributed by atoms with van der Waals surface area (Å²) in [7, 11) is 1.80. The molecule has 5 heteroatoms. The number of rotatable bonds is 5. The van der Waals surface area contributed by atoms with E-state index in [9.17, 15) is 4.79 Å². The molecule has 0 aliphatic heterocycles. The number of hydrogen-bond acceptors (Lipinski definition) is 3. The fourth-order valence-corrected chi connectivity index (χ4v) is 3.56. The van der Waals surface area contributed by atoms with Crippen LogP contribution < -0.4 is 4.90 Å². The number of amides is 1. The molecule has 0 saturated heterocycles. The third-order valence-electron chi connectivity index (χ3n) is 3.97. The molecule has 3 rings (SSSR count). The number of anilines is 1. The number of hydrogen-bond donors (Lipinski definition) is 0. The van der Waals surface area contributed by atoms with Gasteiger partial charge in [0.05, 0.1) is 17.1 Å². The second-order valence-electron chi connectivity index (χ2n) is 6.00. The molecule has 0 bridgehead atoms. The van der Waals surface area contributed by atoms with Crippen molar-refractivity contribution in [2.45, 2.75) is 19.8 Å². The number of nitrogens with zero attached hydrogens (tertiary/aromatic N) is 2. The van der Waals surface area contributed by atoms with Gasteiger partial charge in [0.2, 0.25) is 5.91 Å². The molecular formula is C20H19ClN2OS. The van der Waals surface area contributed by atoms with E-state index in [-0.39, 0.29) is 5.91 Å². The first-order valence-corrected chi connectivity index (χ1v) is 9.28. The number of carbonyl (C=O) groups is 1.